The van der Waals surface area contributed by atoms with Crippen molar-refractivity contribution in [1.29, 1.82) is 0 Å². The van der Waals surface area contributed by atoms with Gasteiger partial charge < -0.3 is 15.2 Å². The lowest BCUT2D eigenvalue weighted by Gasteiger charge is -2.19. The molecule has 0 aliphatic heterocycles. The second kappa shape index (κ2) is 9.08. The summed E-state index contributed by atoms with van der Waals surface area (Å²) in [6, 6.07) is 6.05. The highest BCUT2D eigenvalue weighted by Gasteiger charge is 2.25. The summed E-state index contributed by atoms with van der Waals surface area (Å²) in [4.78, 5) is 42.5. The van der Waals surface area contributed by atoms with Crippen molar-refractivity contribution in [1.82, 2.24) is 9.55 Å². The Morgan fingerprint density at radius 2 is 1.97 bits per heavy atom. The Labute approximate surface area is 177 Å². The third kappa shape index (κ3) is 4.20. The number of rotatable bonds is 8. The largest absolute Gasteiger partial charge is 0.494 e. The number of thiophene rings is 1. The lowest BCUT2D eigenvalue weighted by molar-refractivity contribution is -0.118. The molecule has 0 bridgehead atoms. The van der Waals surface area contributed by atoms with Crippen molar-refractivity contribution in [2.24, 2.45) is 0 Å². The predicted octanol–water partition coefficient (Wildman–Crippen LogP) is 3.71. The number of nitrogens with one attached hydrogen (secondary N) is 1. The minimum atomic E-state index is -1.19. The smallest absolute Gasteiger partial charge is 0.337 e. The first-order chi connectivity index (χ1) is 14.4. The molecule has 8 nitrogen and oxygen atoms in total. The van der Waals surface area contributed by atoms with E-state index >= 15 is 0 Å². The Bertz CT molecular complexity index is 1130. The van der Waals surface area contributed by atoms with Gasteiger partial charge in [-0.15, -0.1) is 11.3 Å². The highest BCUT2D eigenvalue weighted by molar-refractivity contribution is 7.17. The first-order valence-corrected chi connectivity index (χ1v) is 10.5. The molecule has 0 saturated heterocycles. The number of aryl methyl sites for hydroxylation is 1. The Hall–Kier alpha value is -3.20. The van der Waals surface area contributed by atoms with E-state index in [4.69, 9.17) is 4.74 Å². The van der Waals surface area contributed by atoms with E-state index in [1.807, 2.05) is 13.8 Å². The number of carboxylic acids is 1. The molecule has 0 aliphatic rings. The van der Waals surface area contributed by atoms with E-state index in [1.165, 1.54) is 9.95 Å². The number of anilines is 1. The van der Waals surface area contributed by atoms with Gasteiger partial charge in [-0.3, -0.25) is 14.2 Å². The number of aromatic nitrogens is 2. The summed E-state index contributed by atoms with van der Waals surface area (Å²) in [6.45, 7) is 5.98. The number of benzene rings is 1. The Morgan fingerprint density at radius 3 is 2.57 bits per heavy atom. The molecule has 0 saturated carbocycles. The van der Waals surface area contributed by atoms with Gasteiger partial charge in [0.25, 0.3) is 5.56 Å². The average Bonchev–Trinajstić information content (AvgIpc) is 3.14. The van der Waals surface area contributed by atoms with Gasteiger partial charge >= 0.3 is 5.97 Å². The maximum Gasteiger partial charge on any atom is 0.337 e. The van der Waals surface area contributed by atoms with Crippen LogP contribution in [0.2, 0.25) is 0 Å². The molecule has 2 aromatic heterocycles. The van der Waals surface area contributed by atoms with E-state index in [0.717, 1.165) is 17.8 Å². The van der Waals surface area contributed by atoms with Gasteiger partial charge in [0.2, 0.25) is 5.91 Å². The van der Waals surface area contributed by atoms with Crippen LogP contribution in [0, 0.1) is 0 Å². The maximum absolute atomic E-state index is 13.2. The Kier molecular flexibility index (Phi) is 6.51. The van der Waals surface area contributed by atoms with Crippen LogP contribution in [-0.2, 0) is 11.2 Å². The molecule has 2 N–H and O–H groups in total. The van der Waals surface area contributed by atoms with Crippen molar-refractivity contribution in [3.63, 3.8) is 0 Å². The Morgan fingerprint density at radius 1 is 1.27 bits per heavy atom. The third-order valence-electron chi connectivity index (χ3n) is 4.62. The van der Waals surface area contributed by atoms with Crippen LogP contribution in [0.3, 0.4) is 0 Å². The van der Waals surface area contributed by atoms with Gasteiger partial charge in [0.05, 0.1) is 17.6 Å². The summed E-state index contributed by atoms with van der Waals surface area (Å²) in [7, 11) is 0. The second-order valence-electron chi connectivity index (χ2n) is 6.71. The van der Waals surface area contributed by atoms with E-state index < -0.39 is 23.5 Å². The van der Waals surface area contributed by atoms with E-state index in [9.17, 15) is 19.5 Å². The molecular formula is C21H23N3O5S. The van der Waals surface area contributed by atoms with Gasteiger partial charge in [-0.05, 0) is 44.5 Å². The van der Waals surface area contributed by atoms with Gasteiger partial charge in [-0.25, -0.2) is 9.78 Å². The minimum Gasteiger partial charge on any atom is -0.494 e. The number of amides is 1. The van der Waals surface area contributed by atoms with Crippen LogP contribution in [0.1, 0.15) is 49.4 Å². The lowest BCUT2D eigenvalue weighted by atomic mass is 10.2. The fourth-order valence-corrected chi connectivity index (χ4v) is 4.09. The molecular weight excluding hydrogens is 406 g/mol. The number of ether oxygens (including phenoxy) is 1. The number of hydrogen-bond donors (Lipinski definition) is 2. The quantitative estimate of drug-likeness (QED) is 0.565. The van der Waals surface area contributed by atoms with Crippen LogP contribution in [0.25, 0.3) is 10.2 Å². The third-order valence-corrected chi connectivity index (χ3v) is 5.49. The van der Waals surface area contributed by atoms with E-state index in [0.29, 0.717) is 35.1 Å². The molecule has 1 amide bonds. The highest BCUT2D eigenvalue weighted by Crippen LogP contribution is 2.24. The molecule has 1 unspecified atom stereocenters. The van der Waals surface area contributed by atoms with Crippen LogP contribution >= 0.6 is 11.3 Å². The van der Waals surface area contributed by atoms with Gasteiger partial charge in [0.15, 0.2) is 0 Å². The zero-order valence-electron chi connectivity index (χ0n) is 17.0. The molecule has 9 heteroatoms. The highest BCUT2D eigenvalue weighted by atomic mass is 32.1. The first-order valence-electron chi connectivity index (χ1n) is 9.67. The molecule has 0 radical (unpaired) electrons. The number of hydrogen-bond acceptors (Lipinski definition) is 6. The Balaban J connectivity index is 1.98. The summed E-state index contributed by atoms with van der Waals surface area (Å²) >= 11 is 1.12. The summed E-state index contributed by atoms with van der Waals surface area (Å²) in [6.07, 6.45) is 1.22. The lowest BCUT2D eigenvalue weighted by Crippen LogP contribution is -2.34. The molecule has 2 heterocycles. The number of carbonyl (C=O) groups excluding carboxylic acids is 1. The van der Waals surface area contributed by atoms with Crippen LogP contribution < -0.4 is 15.6 Å². The number of fused-ring (bicyclic) bond motifs is 1. The monoisotopic (exact) mass is 429 g/mol. The summed E-state index contributed by atoms with van der Waals surface area (Å²) in [5.74, 6) is -0.435. The minimum absolute atomic E-state index is 0.0353. The van der Waals surface area contributed by atoms with Gasteiger partial charge in [-0.2, -0.15) is 0 Å². The average molecular weight is 429 g/mol. The molecule has 1 aromatic carbocycles. The maximum atomic E-state index is 13.2. The van der Waals surface area contributed by atoms with Crippen molar-refractivity contribution in [3.8, 4) is 5.75 Å². The van der Waals surface area contributed by atoms with Crippen molar-refractivity contribution in [2.45, 2.75) is 39.7 Å². The predicted molar refractivity (Wildman–Crippen MR) is 116 cm³/mol. The summed E-state index contributed by atoms with van der Waals surface area (Å²) in [5.41, 5.74) is -0.0453. The number of nitrogens with zero attached hydrogens (tertiary/aromatic N) is 2. The standard InChI is InChI=1S/C21H23N3O5S/c1-4-6-16-23-19-17(15(11-30-19)21(27)28)20(26)24(16)12(3)18(25)22-13-7-9-14(10-8-13)29-5-2/h7-12H,4-6H2,1-3H3,(H,22,25)(H,27,28). The van der Waals surface area contributed by atoms with Crippen LogP contribution in [-0.4, -0.2) is 33.1 Å². The molecule has 0 spiro atoms. The van der Waals surface area contributed by atoms with Crippen molar-refractivity contribution in [2.75, 3.05) is 11.9 Å². The number of carboxylic acid groups (broad SMARTS) is 1. The second-order valence-corrected chi connectivity index (χ2v) is 7.57. The topological polar surface area (TPSA) is 111 Å². The zero-order chi connectivity index (χ0) is 21.8. The first kappa shape index (κ1) is 21.5. The molecule has 158 valence electrons. The van der Waals surface area contributed by atoms with Crippen molar-refractivity contribution in [3.05, 3.63) is 51.4 Å². The number of carbonyl (C=O) groups is 2. The summed E-state index contributed by atoms with van der Waals surface area (Å²) < 4.78 is 6.69. The normalized spacial score (nSPS) is 12.0. The molecule has 3 rings (SSSR count). The molecule has 30 heavy (non-hydrogen) atoms. The summed E-state index contributed by atoms with van der Waals surface area (Å²) in [5, 5.41) is 13.6. The van der Waals surface area contributed by atoms with Crippen molar-refractivity contribution >= 4 is 39.1 Å². The molecule has 1 atom stereocenters. The van der Waals surface area contributed by atoms with Gasteiger partial charge in [-0.1, -0.05) is 6.92 Å². The van der Waals surface area contributed by atoms with Crippen LogP contribution in [0.5, 0.6) is 5.75 Å². The van der Waals surface area contributed by atoms with E-state index in [1.54, 1.807) is 31.2 Å². The fourth-order valence-electron chi connectivity index (χ4n) is 3.17. The zero-order valence-corrected chi connectivity index (χ0v) is 17.8. The van der Waals surface area contributed by atoms with Gasteiger partial charge in [0, 0.05) is 17.5 Å². The van der Waals surface area contributed by atoms with Crippen LogP contribution in [0.4, 0.5) is 5.69 Å². The molecule has 0 aliphatic carbocycles. The van der Waals surface area contributed by atoms with E-state index in [-0.39, 0.29) is 10.9 Å². The van der Waals surface area contributed by atoms with Crippen molar-refractivity contribution < 1.29 is 19.4 Å². The molecule has 0 fully saturated rings. The van der Waals surface area contributed by atoms with Crippen LogP contribution in [0.15, 0.2) is 34.4 Å². The molecule has 3 aromatic rings. The number of aromatic carboxylic acids is 1. The van der Waals surface area contributed by atoms with Gasteiger partial charge in [0.1, 0.15) is 22.4 Å². The SMILES string of the molecule is CCCc1nc2scc(C(=O)O)c2c(=O)n1C(C)C(=O)Nc1ccc(OCC)cc1. The van der Waals surface area contributed by atoms with E-state index in [2.05, 4.69) is 10.3 Å². The fraction of sp³-hybridized carbons (Fsp3) is 0.333.